The van der Waals surface area contributed by atoms with E-state index in [0.717, 1.165) is 57.8 Å². The second-order valence-corrected chi connectivity index (χ2v) is 6.81. The molecule has 0 aromatic heterocycles. The summed E-state index contributed by atoms with van der Waals surface area (Å²) in [7, 11) is 0. The van der Waals surface area contributed by atoms with Gasteiger partial charge in [0, 0.05) is 18.3 Å². The molecule has 4 nitrogen and oxygen atoms in total. The molecule has 0 saturated heterocycles. The van der Waals surface area contributed by atoms with Gasteiger partial charge in [-0.05, 0) is 32.1 Å². The smallest absolute Gasteiger partial charge is 0.303 e. The Labute approximate surface area is 140 Å². The molecule has 0 bridgehead atoms. The Hall–Kier alpha value is -1.16. The Morgan fingerprint density at radius 1 is 1.26 bits per heavy atom. The molecule has 2 N–H and O–H groups in total. The van der Waals surface area contributed by atoms with E-state index in [0.29, 0.717) is 12.8 Å². The van der Waals surface area contributed by atoms with E-state index in [-0.39, 0.29) is 12.2 Å². The molecular formula is C19H32O4. The lowest BCUT2D eigenvalue weighted by atomic mass is 9.79. The van der Waals surface area contributed by atoms with E-state index in [1.165, 1.54) is 0 Å². The quantitative estimate of drug-likeness (QED) is 0.415. The van der Waals surface area contributed by atoms with Crippen molar-refractivity contribution in [3.8, 4) is 0 Å². The van der Waals surface area contributed by atoms with Gasteiger partial charge in [-0.15, -0.1) is 0 Å². The molecule has 4 heteroatoms. The maximum atomic E-state index is 12.3. The molecule has 1 fully saturated rings. The van der Waals surface area contributed by atoms with Crippen LogP contribution in [-0.4, -0.2) is 28.1 Å². The minimum Gasteiger partial charge on any atom is -0.481 e. The number of hydrogen-bond donors (Lipinski definition) is 2. The van der Waals surface area contributed by atoms with Crippen LogP contribution in [0.1, 0.15) is 84.0 Å². The van der Waals surface area contributed by atoms with Gasteiger partial charge in [-0.1, -0.05) is 51.2 Å². The Morgan fingerprint density at radius 3 is 2.65 bits per heavy atom. The summed E-state index contributed by atoms with van der Waals surface area (Å²) < 4.78 is 0. The molecule has 23 heavy (non-hydrogen) atoms. The van der Waals surface area contributed by atoms with Crippen molar-refractivity contribution >= 4 is 11.8 Å². The van der Waals surface area contributed by atoms with Gasteiger partial charge in [-0.3, -0.25) is 9.59 Å². The Morgan fingerprint density at radius 2 is 2.04 bits per heavy atom. The number of aliphatic hydroxyl groups excluding tert-OH is 1. The second kappa shape index (κ2) is 10.6. The summed E-state index contributed by atoms with van der Waals surface area (Å²) in [6.45, 7) is 2.14. The first-order valence-electron chi connectivity index (χ1n) is 9.12. The molecule has 0 aromatic carbocycles. The highest BCUT2D eigenvalue weighted by Crippen LogP contribution is 2.41. The zero-order valence-corrected chi connectivity index (χ0v) is 14.4. The summed E-state index contributed by atoms with van der Waals surface area (Å²) in [6.07, 6.45) is 13.1. The Bertz CT molecular complexity index is 402. The van der Waals surface area contributed by atoms with Crippen LogP contribution in [-0.2, 0) is 9.59 Å². The molecule has 1 aliphatic rings. The zero-order chi connectivity index (χ0) is 17.1. The fourth-order valence-electron chi connectivity index (χ4n) is 3.37. The van der Waals surface area contributed by atoms with Gasteiger partial charge in [-0.25, -0.2) is 0 Å². The number of aliphatic carboxylic acids is 1. The fourth-order valence-corrected chi connectivity index (χ4v) is 3.37. The van der Waals surface area contributed by atoms with E-state index < -0.39 is 17.5 Å². The minimum absolute atomic E-state index is 0.201. The van der Waals surface area contributed by atoms with Crippen LogP contribution in [0, 0.1) is 5.41 Å². The third-order valence-corrected chi connectivity index (χ3v) is 4.84. The predicted molar refractivity (Wildman–Crippen MR) is 91.3 cm³/mol. The van der Waals surface area contributed by atoms with Crippen molar-refractivity contribution in [2.24, 2.45) is 5.41 Å². The van der Waals surface area contributed by atoms with Crippen molar-refractivity contribution in [3.05, 3.63) is 12.2 Å². The lowest BCUT2D eigenvalue weighted by Crippen LogP contribution is -2.24. The molecule has 0 radical (unpaired) electrons. The highest BCUT2D eigenvalue weighted by Gasteiger charge is 2.38. The van der Waals surface area contributed by atoms with Gasteiger partial charge in [0.15, 0.2) is 0 Å². The average Bonchev–Trinajstić information content (AvgIpc) is 2.86. The lowest BCUT2D eigenvalue weighted by Gasteiger charge is -2.24. The molecule has 0 amide bonds. The first-order valence-corrected chi connectivity index (χ1v) is 9.12. The van der Waals surface area contributed by atoms with Crippen molar-refractivity contribution < 1.29 is 19.8 Å². The SMILES string of the molecule is CCCCCC(O)C=CC1(CCCCCC(=O)O)CCCC1=O. The Balaban J connectivity index is 2.47. The maximum absolute atomic E-state index is 12.3. The highest BCUT2D eigenvalue weighted by atomic mass is 16.4. The molecule has 2 unspecified atom stereocenters. The van der Waals surface area contributed by atoms with E-state index in [9.17, 15) is 14.7 Å². The number of carbonyl (C=O) groups excluding carboxylic acids is 1. The number of hydrogen-bond acceptors (Lipinski definition) is 3. The summed E-state index contributed by atoms with van der Waals surface area (Å²) in [6, 6.07) is 0. The maximum Gasteiger partial charge on any atom is 0.303 e. The number of ketones is 1. The monoisotopic (exact) mass is 324 g/mol. The zero-order valence-electron chi connectivity index (χ0n) is 14.4. The number of carbonyl (C=O) groups is 2. The standard InChI is InChI=1S/C19H32O4/c1-2-3-5-9-16(20)12-15-19(14-8-10-17(19)21)13-7-4-6-11-18(22)23/h12,15-16,20H,2-11,13-14H2,1H3,(H,22,23). The molecule has 1 rings (SSSR count). The molecule has 2 atom stereocenters. The topological polar surface area (TPSA) is 74.6 Å². The van der Waals surface area contributed by atoms with Crippen molar-refractivity contribution in [2.45, 2.75) is 90.1 Å². The summed E-state index contributed by atoms with van der Waals surface area (Å²) in [4.78, 5) is 22.8. The molecule has 1 aliphatic carbocycles. The minimum atomic E-state index is -0.758. The first kappa shape index (κ1) is 19.9. The van der Waals surface area contributed by atoms with Gasteiger partial charge in [0.1, 0.15) is 5.78 Å². The average molecular weight is 324 g/mol. The number of unbranched alkanes of at least 4 members (excludes halogenated alkanes) is 4. The number of carboxylic acids is 1. The third kappa shape index (κ3) is 7.30. The van der Waals surface area contributed by atoms with Crippen LogP contribution in [0.2, 0.25) is 0 Å². The van der Waals surface area contributed by atoms with E-state index >= 15 is 0 Å². The van der Waals surface area contributed by atoms with Crippen molar-refractivity contribution in [1.82, 2.24) is 0 Å². The fraction of sp³-hybridized carbons (Fsp3) is 0.789. The number of Topliss-reactive ketones (excluding diaryl/α,β-unsaturated/α-hetero) is 1. The van der Waals surface area contributed by atoms with Crippen LogP contribution in [0.15, 0.2) is 12.2 Å². The number of carboxylic acid groups (broad SMARTS) is 1. The van der Waals surface area contributed by atoms with Gasteiger partial charge >= 0.3 is 5.97 Å². The summed E-state index contributed by atoms with van der Waals surface area (Å²) >= 11 is 0. The van der Waals surface area contributed by atoms with Gasteiger partial charge in [0.2, 0.25) is 0 Å². The molecule has 0 heterocycles. The van der Waals surface area contributed by atoms with E-state index in [4.69, 9.17) is 5.11 Å². The number of allylic oxidation sites excluding steroid dienone is 1. The number of rotatable bonds is 12. The molecule has 1 saturated carbocycles. The molecular weight excluding hydrogens is 292 g/mol. The molecule has 132 valence electrons. The number of aliphatic hydroxyl groups is 1. The van der Waals surface area contributed by atoms with Crippen LogP contribution in [0.4, 0.5) is 0 Å². The lowest BCUT2D eigenvalue weighted by molar-refractivity contribution is -0.137. The van der Waals surface area contributed by atoms with Crippen molar-refractivity contribution in [2.75, 3.05) is 0 Å². The van der Waals surface area contributed by atoms with Crippen molar-refractivity contribution in [3.63, 3.8) is 0 Å². The van der Waals surface area contributed by atoms with Gasteiger partial charge in [-0.2, -0.15) is 0 Å². The molecule has 0 aromatic rings. The summed E-state index contributed by atoms with van der Waals surface area (Å²) in [5, 5.41) is 18.7. The predicted octanol–water partition coefficient (Wildman–Crippen LogP) is 4.26. The Kier molecular flexibility index (Phi) is 9.15. The van der Waals surface area contributed by atoms with Gasteiger partial charge in [0.05, 0.1) is 6.10 Å². The normalized spacial score (nSPS) is 22.8. The third-order valence-electron chi connectivity index (χ3n) is 4.84. The van der Waals surface area contributed by atoms with Crippen molar-refractivity contribution in [1.29, 1.82) is 0 Å². The van der Waals surface area contributed by atoms with Crippen LogP contribution in [0.25, 0.3) is 0 Å². The molecule has 0 spiro atoms. The van der Waals surface area contributed by atoms with Crippen LogP contribution >= 0.6 is 0 Å². The summed E-state index contributed by atoms with van der Waals surface area (Å²) in [5.41, 5.74) is -0.408. The summed E-state index contributed by atoms with van der Waals surface area (Å²) in [5.74, 6) is -0.473. The van der Waals surface area contributed by atoms with Crippen LogP contribution in [0.3, 0.4) is 0 Å². The second-order valence-electron chi connectivity index (χ2n) is 6.81. The molecule has 0 aliphatic heterocycles. The first-order chi connectivity index (χ1) is 11.0. The largest absolute Gasteiger partial charge is 0.481 e. The van der Waals surface area contributed by atoms with Crippen LogP contribution < -0.4 is 0 Å². The van der Waals surface area contributed by atoms with E-state index in [1.807, 2.05) is 12.2 Å². The highest BCUT2D eigenvalue weighted by molar-refractivity contribution is 5.88. The van der Waals surface area contributed by atoms with Gasteiger partial charge in [0.25, 0.3) is 0 Å². The van der Waals surface area contributed by atoms with E-state index in [2.05, 4.69) is 6.92 Å². The van der Waals surface area contributed by atoms with Crippen LogP contribution in [0.5, 0.6) is 0 Å². The van der Waals surface area contributed by atoms with E-state index in [1.54, 1.807) is 0 Å². The van der Waals surface area contributed by atoms with Gasteiger partial charge < -0.3 is 10.2 Å².